The van der Waals surface area contributed by atoms with Gasteiger partial charge in [-0.2, -0.15) is 0 Å². The number of carbonyl (C=O) groups is 1. The molecule has 0 saturated heterocycles. The normalized spacial score (nSPS) is 18.6. The van der Waals surface area contributed by atoms with Crippen molar-refractivity contribution in [1.29, 1.82) is 0 Å². The lowest BCUT2D eigenvalue weighted by atomic mass is 10.00. The highest BCUT2D eigenvalue weighted by Crippen LogP contribution is 2.36. The quantitative estimate of drug-likeness (QED) is 0.763. The van der Waals surface area contributed by atoms with Crippen molar-refractivity contribution in [2.75, 3.05) is 0 Å². The topological polar surface area (TPSA) is 26.3 Å². The fourth-order valence-corrected chi connectivity index (χ4v) is 2.97. The standard InChI is InChI=1S/C14H12O2S/c1-9-6-7-14(17-9)13-8-11(15)10-4-2-3-5-12(10)16-13/h2-7,13H,8H2,1H3. The van der Waals surface area contributed by atoms with Crippen LogP contribution in [0.25, 0.3) is 0 Å². The summed E-state index contributed by atoms with van der Waals surface area (Å²) < 4.78 is 5.89. The monoisotopic (exact) mass is 244 g/mol. The molecule has 1 aromatic heterocycles. The minimum atomic E-state index is -0.115. The predicted octanol–water partition coefficient (Wildman–Crippen LogP) is 3.76. The van der Waals surface area contributed by atoms with Gasteiger partial charge < -0.3 is 4.74 Å². The van der Waals surface area contributed by atoms with Gasteiger partial charge in [0.25, 0.3) is 0 Å². The van der Waals surface area contributed by atoms with E-state index in [1.54, 1.807) is 11.3 Å². The van der Waals surface area contributed by atoms with Gasteiger partial charge in [-0.15, -0.1) is 11.3 Å². The van der Waals surface area contributed by atoms with Gasteiger partial charge in [0.05, 0.1) is 12.0 Å². The SMILES string of the molecule is Cc1ccc(C2CC(=O)c3ccccc3O2)s1. The Balaban J connectivity index is 1.96. The summed E-state index contributed by atoms with van der Waals surface area (Å²) in [6.45, 7) is 2.06. The molecule has 1 aliphatic heterocycles. The van der Waals surface area contributed by atoms with Crippen LogP contribution in [0.1, 0.15) is 32.6 Å². The first-order valence-corrected chi connectivity index (χ1v) is 6.41. The van der Waals surface area contributed by atoms with Gasteiger partial charge in [-0.25, -0.2) is 0 Å². The fraction of sp³-hybridized carbons (Fsp3) is 0.214. The first-order chi connectivity index (χ1) is 8.24. The van der Waals surface area contributed by atoms with Gasteiger partial charge in [0.15, 0.2) is 5.78 Å². The van der Waals surface area contributed by atoms with Crippen molar-refractivity contribution in [3.63, 3.8) is 0 Å². The van der Waals surface area contributed by atoms with Crippen molar-refractivity contribution in [3.8, 4) is 5.75 Å². The summed E-state index contributed by atoms with van der Waals surface area (Å²) in [4.78, 5) is 14.4. The first-order valence-electron chi connectivity index (χ1n) is 5.59. The molecule has 0 fully saturated rings. The number of ketones is 1. The molecule has 86 valence electrons. The lowest BCUT2D eigenvalue weighted by Crippen LogP contribution is -2.19. The molecule has 1 atom stereocenters. The molecule has 1 unspecified atom stereocenters. The molecule has 0 bridgehead atoms. The van der Waals surface area contributed by atoms with E-state index in [2.05, 4.69) is 13.0 Å². The molecule has 3 rings (SSSR count). The molecule has 1 aliphatic rings. The lowest BCUT2D eigenvalue weighted by molar-refractivity contribution is 0.0854. The number of benzene rings is 1. The fourth-order valence-electron chi connectivity index (χ4n) is 2.06. The van der Waals surface area contributed by atoms with Crippen molar-refractivity contribution in [2.45, 2.75) is 19.4 Å². The third-order valence-corrected chi connectivity index (χ3v) is 4.00. The van der Waals surface area contributed by atoms with Gasteiger partial charge in [-0.1, -0.05) is 12.1 Å². The Morgan fingerprint density at radius 2 is 2.06 bits per heavy atom. The molecule has 0 N–H and O–H groups in total. The summed E-state index contributed by atoms with van der Waals surface area (Å²) in [5.74, 6) is 0.878. The number of fused-ring (bicyclic) bond motifs is 1. The number of aryl methyl sites for hydroxylation is 1. The molecular weight excluding hydrogens is 232 g/mol. The third kappa shape index (κ3) is 1.87. The molecule has 0 spiro atoms. The number of Topliss-reactive ketones (excluding diaryl/α,β-unsaturated/α-hetero) is 1. The summed E-state index contributed by atoms with van der Waals surface area (Å²) in [6.07, 6.45) is 0.327. The molecule has 0 saturated carbocycles. The van der Waals surface area contributed by atoms with E-state index < -0.39 is 0 Å². The van der Waals surface area contributed by atoms with Crippen LogP contribution in [0.15, 0.2) is 36.4 Å². The van der Waals surface area contributed by atoms with Crippen molar-refractivity contribution < 1.29 is 9.53 Å². The van der Waals surface area contributed by atoms with Gasteiger partial charge >= 0.3 is 0 Å². The maximum Gasteiger partial charge on any atom is 0.170 e. The highest BCUT2D eigenvalue weighted by molar-refractivity contribution is 7.12. The van der Waals surface area contributed by atoms with E-state index in [1.807, 2.05) is 30.3 Å². The average Bonchev–Trinajstić information content (AvgIpc) is 2.76. The number of thiophene rings is 1. The Bertz CT molecular complexity index is 571. The number of hydrogen-bond acceptors (Lipinski definition) is 3. The van der Waals surface area contributed by atoms with E-state index in [0.717, 1.165) is 4.88 Å². The predicted molar refractivity (Wildman–Crippen MR) is 67.8 cm³/mol. The van der Waals surface area contributed by atoms with Gasteiger partial charge in [0.1, 0.15) is 11.9 Å². The number of hydrogen-bond donors (Lipinski definition) is 0. The Hall–Kier alpha value is -1.61. The first kappa shape index (κ1) is 10.5. The Kier molecular flexibility index (Phi) is 2.48. The Morgan fingerprint density at radius 3 is 2.82 bits per heavy atom. The molecule has 2 aromatic rings. The largest absolute Gasteiger partial charge is 0.484 e. The van der Waals surface area contributed by atoms with Crippen LogP contribution in [0.2, 0.25) is 0 Å². The van der Waals surface area contributed by atoms with E-state index in [0.29, 0.717) is 17.7 Å². The summed E-state index contributed by atoms with van der Waals surface area (Å²) >= 11 is 1.69. The summed E-state index contributed by atoms with van der Waals surface area (Å²) in [5, 5.41) is 0. The minimum Gasteiger partial charge on any atom is -0.484 e. The molecular formula is C14H12O2S. The molecule has 0 radical (unpaired) electrons. The second kappa shape index (κ2) is 4.00. The second-order valence-corrected chi connectivity index (χ2v) is 5.50. The molecule has 3 heteroatoms. The van der Waals surface area contributed by atoms with E-state index in [9.17, 15) is 4.79 Å². The van der Waals surface area contributed by atoms with Gasteiger partial charge in [0, 0.05) is 9.75 Å². The maximum atomic E-state index is 12.0. The molecule has 2 nitrogen and oxygen atoms in total. The average molecular weight is 244 g/mol. The van der Waals surface area contributed by atoms with E-state index >= 15 is 0 Å². The highest BCUT2D eigenvalue weighted by atomic mass is 32.1. The zero-order chi connectivity index (χ0) is 11.8. The summed E-state index contributed by atoms with van der Waals surface area (Å²) in [6, 6.07) is 11.6. The van der Waals surface area contributed by atoms with Crippen molar-refractivity contribution in [2.24, 2.45) is 0 Å². The van der Waals surface area contributed by atoms with Crippen LogP contribution in [0.5, 0.6) is 5.75 Å². The molecule has 0 amide bonds. The Labute approximate surface area is 104 Å². The van der Waals surface area contributed by atoms with Crippen LogP contribution in [0.3, 0.4) is 0 Å². The van der Waals surface area contributed by atoms with Crippen molar-refractivity contribution >= 4 is 17.1 Å². The number of ether oxygens (including phenoxy) is 1. The van der Waals surface area contributed by atoms with Crippen LogP contribution in [0.4, 0.5) is 0 Å². The van der Waals surface area contributed by atoms with Crippen molar-refractivity contribution in [3.05, 3.63) is 51.7 Å². The van der Waals surface area contributed by atoms with Crippen LogP contribution in [0, 0.1) is 6.92 Å². The third-order valence-electron chi connectivity index (χ3n) is 2.91. The zero-order valence-electron chi connectivity index (χ0n) is 9.47. The Morgan fingerprint density at radius 1 is 1.24 bits per heavy atom. The second-order valence-electron chi connectivity index (χ2n) is 4.18. The number of para-hydroxylation sites is 1. The smallest absolute Gasteiger partial charge is 0.170 e. The van der Waals surface area contributed by atoms with E-state index in [-0.39, 0.29) is 11.9 Å². The lowest BCUT2D eigenvalue weighted by Gasteiger charge is -2.24. The summed E-state index contributed by atoms with van der Waals surface area (Å²) in [5.41, 5.74) is 0.706. The number of rotatable bonds is 1. The van der Waals surface area contributed by atoms with Gasteiger partial charge in [-0.05, 0) is 31.2 Å². The summed E-state index contributed by atoms with van der Waals surface area (Å²) in [7, 11) is 0. The molecule has 2 heterocycles. The zero-order valence-corrected chi connectivity index (χ0v) is 10.3. The highest BCUT2D eigenvalue weighted by Gasteiger charge is 2.27. The van der Waals surface area contributed by atoms with Gasteiger partial charge in [-0.3, -0.25) is 4.79 Å². The van der Waals surface area contributed by atoms with E-state index in [1.165, 1.54) is 4.88 Å². The molecule has 1 aromatic carbocycles. The number of carbonyl (C=O) groups excluding carboxylic acids is 1. The molecule has 17 heavy (non-hydrogen) atoms. The van der Waals surface area contributed by atoms with Crippen LogP contribution >= 0.6 is 11.3 Å². The van der Waals surface area contributed by atoms with E-state index in [4.69, 9.17) is 4.74 Å². The maximum absolute atomic E-state index is 12.0. The van der Waals surface area contributed by atoms with Crippen molar-refractivity contribution in [1.82, 2.24) is 0 Å². The van der Waals surface area contributed by atoms with Crippen LogP contribution in [-0.2, 0) is 0 Å². The molecule has 0 aliphatic carbocycles. The van der Waals surface area contributed by atoms with Gasteiger partial charge in [0.2, 0.25) is 0 Å². The van der Waals surface area contributed by atoms with Crippen LogP contribution in [-0.4, -0.2) is 5.78 Å². The van der Waals surface area contributed by atoms with Crippen LogP contribution < -0.4 is 4.74 Å². The minimum absolute atomic E-state index is 0.115.